The van der Waals surface area contributed by atoms with Crippen LogP contribution >= 0.6 is 0 Å². The first-order chi connectivity index (χ1) is 9.20. The highest BCUT2D eigenvalue weighted by Crippen LogP contribution is 2.23. The largest absolute Gasteiger partial charge is 0.317 e. The SMILES string of the molecule is CCc1[nH]n2c(=O)cc(C3CCNCC3)nc2c1C. The van der Waals surface area contributed by atoms with Gasteiger partial charge in [0.05, 0.1) is 5.69 Å². The van der Waals surface area contributed by atoms with Crippen LogP contribution in [0.4, 0.5) is 0 Å². The molecule has 0 aromatic carbocycles. The minimum absolute atomic E-state index is 0.00123. The normalized spacial score (nSPS) is 17.2. The molecule has 102 valence electrons. The Balaban J connectivity index is 2.12. The first-order valence-corrected chi connectivity index (χ1v) is 7.02. The number of aromatic amines is 1. The van der Waals surface area contributed by atoms with Gasteiger partial charge in [0, 0.05) is 23.2 Å². The van der Waals surface area contributed by atoms with Crippen molar-refractivity contribution < 1.29 is 0 Å². The number of rotatable bonds is 2. The highest BCUT2D eigenvalue weighted by molar-refractivity contribution is 5.49. The highest BCUT2D eigenvalue weighted by atomic mass is 16.1. The fourth-order valence-corrected chi connectivity index (χ4v) is 2.88. The zero-order chi connectivity index (χ0) is 13.4. The van der Waals surface area contributed by atoms with Gasteiger partial charge >= 0.3 is 0 Å². The molecule has 1 aliphatic heterocycles. The summed E-state index contributed by atoms with van der Waals surface area (Å²) in [6.45, 7) is 6.13. The summed E-state index contributed by atoms with van der Waals surface area (Å²) in [6.07, 6.45) is 3.01. The van der Waals surface area contributed by atoms with Crippen molar-refractivity contribution in [3.63, 3.8) is 0 Å². The Morgan fingerprint density at radius 1 is 1.42 bits per heavy atom. The van der Waals surface area contributed by atoms with Gasteiger partial charge in [0.1, 0.15) is 0 Å². The Morgan fingerprint density at radius 2 is 2.16 bits per heavy atom. The first-order valence-electron chi connectivity index (χ1n) is 7.02. The van der Waals surface area contributed by atoms with Crippen molar-refractivity contribution in [2.45, 2.75) is 39.0 Å². The van der Waals surface area contributed by atoms with Crippen molar-refractivity contribution in [3.05, 3.63) is 33.4 Å². The molecule has 5 heteroatoms. The molecule has 0 spiro atoms. The lowest BCUT2D eigenvalue weighted by Gasteiger charge is -2.21. The van der Waals surface area contributed by atoms with Gasteiger partial charge in [-0.3, -0.25) is 9.89 Å². The molecule has 0 saturated carbocycles. The number of aromatic nitrogens is 3. The molecular weight excluding hydrogens is 240 g/mol. The summed E-state index contributed by atoms with van der Waals surface area (Å²) in [6, 6.07) is 1.69. The predicted octanol–water partition coefficient (Wildman–Crippen LogP) is 1.36. The quantitative estimate of drug-likeness (QED) is 0.857. The summed E-state index contributed by atoms with van der Waals surface area (Å²) >= 11 is 0. The molecule has 2 aromatic heterocycles. The number of piperidine rings is 1. The molecule has 2 aromatic rings. The summed E-state index contributed by atoms with van der Waals surface area (Å²) in [5, 5.41) is 6.48. The Morgan fingerprint density at radius 3 is 2.84 bits per heavy atom. The highest BCUT2D eigenvalue weighted by Gasteiger charge is 2.19. The molecule has 2 N–H and O–H groups in total. The fraction of sp³-hybridized carbons (Fsp3) is 0.571. The van der Waals surface area contributed by atoms with Crippen LogP contribution in [0.25, 0.3) is 5.65 Å². The third-order valence-electron chi connectivity index (χ3n) is 4.08. The van der Waals surface area contributed by atoms with Crippen LogP contribution in [-0.2, 0) is 6.42 Å². The third-order valence-corrected chi connectivity index (χ3v) is 4.08. The molecule has 0 amide bonds. The number of H-pyrrole nitrogens is 1. The molecule has 0 radical (unpaired) electrons. The monoisotopic (exact) mass is 260 g/mol. The smallest absolute Gasteiger partial charge is 0.272 e. The molecule has 0 atom stereocenters. The number of nitrogens with one attached hydrogen (secondary N) is 2. The van der Waals surface area contributed by atoms with Crippen molar-refractivity contribution in [1.29, 1.82) is 0 Å². The van der Waals surface area contributed by atoms with Gasteiger partial charge in [-0.1, -0.05) is 6.92 Å². The van der Waals surface area contributed by atoms with Gasteiger partial charge in [-0.25, -0.2) is 9.50 Å². The number of nitrogens with zero attached hydrogens (tertiary/aromatic N) is 2. The summed E-state index contributed by atoms with van der Waals surface area (Å²) in [4.78, 5) is 16.9. The number of hydrogen-bond donors (Lipinski definition) is 2. The van der Waals surface area contributed by atoms with Gasteiger partial charge < -0.3 is 5.32 Å². The Labute approximate surface area is 112 Å². The maximum absolute atomic E-state index is 12.2. The first kappa shape index (κ1) is 12.4. The average molecular weight is 260 g/mol. The van der Waals surface area contributed by atoms with E-state index in [1.54, 1.807) is 10.6 Å². The van der Waals surface area contributed by atoms with Crippen LogP contribution in [0.15, 0.2) is 10.9 Å². The Kier molecular flexibility index (Phi) is 3.14. The molecule has 1 fully saturated rings. The van der Waals surface area contributed by atoms with E-state index in [9.17, 15) is 4.79 Å². The van der Waals surface area contributed by atoms with Crippen LogP contribution in [0, 0.1) is 6.92 Å². The van der Waals surface area contributed by atoms with E-state index in [2.05, 4.69) is 17.3 Å². The van der Waals surface area contributed by atoms with Crippen molar-refractivity contribution in [1.82, 2.24) is 19.9 Å². The fourth-order valence-electron chi connectivity index (χ4n) is 2.88. The van der Waals surface area contributed by atoms with E-state index >= 15 is 0 Å². The molecule has 19 heavy (non-hydrogen) atoms. The number of hydrogen-bond acceptors (Lipinski definition) is 3. The lowest BCUT2D eigenvalue weighted by atomic mass is 9.94. The van der Waals surface area contributed by atoms with Crippen molar-refractivity contribution >= 4 is 5.65 Å². The van der Waals surface area contributed by atoms with E-state index < -0.39 is 0 Å². The zero-order valence-electron chi connectivity index (χ0n) is 11.5. The summed E-state index contributed by atoms with van der Waals surface area (Å²) in [7, 11) is 0. The van der Waals surface area contributed by atoms with Gasteiger partial charge in [-0.15, -0.1) is 0 Å². The maximum Gasteiger partial charge on any atom is 0.272 e. The van der Waals surface area contributed by atoms with Crippen LogP contribution in [0.3, 0.4) is 0 Å². The summed E-state index contributed by atoms with van der Waals surface area (Å²) in [5.41, 5.74) is 3.93. The van der Waals surface area contributed by atoms with E-state index in [1.807, 2.05) is 6.92 Å². The second-order valence-electron chi connectivity index (χ2n) is 5.27. The predicted molar refractivity (Wildman–Crippen MR) is 74.8 cm³/mol. The standard InChI is InChI=1S/C14H20N4O/c1-3-11-9(2)14-16-12(8-13(19)18(14)17-11)10-4-6-15-7-5-10/h8,10,15,17H,3-7H2,1-2H3. The van der Waals surface area contributed by atoms with Crippen LogP contribution in [0.5, 0.6) is 0 Å². The van der Waals surface area contributed by atoms with Crippen LogP contribution in [0.1, 0.15) is 42.6 Å². The number of aryl methyl sites for hydroxylation is 2. The van der Waals surface area contributed by atoms with Gasteiger partial charge in [0.25, 0.3) is 5.56 Å². The molecule has 0 bridgehead atoms. The van der Waals surface area contributed by atoms with E-state index in [1.165, 1.54) is 0 Å². The van der Waals surface area contributed by atoms with Crippen molar-refractivity contribution in [2.24, 2.45) is 0 Å². The zero-order valence-corrected chi connectivity index (χ0v) is 11.5. The average Bonchev–Trinajstić information content (AvgIpc) is 2.77. The van der Waals surface area contributed by atoms with E-state index in [4.69, 9.17) is 4.98 Å². The van der Waals surface area contributed by atoms with Crippen LogP contribution < -0.4 is 10.9 Å². The van der Waals surface area contributed by atoms with Crippen molar-refractivity contribution in [3.8, 4) is 0 Å². The minimum atomic E-state index is 0.00123. The Hall–Kier alpha value is -1.62. The molecule has 5 nitrogen and oxygen atoms in total. The van der Waals surface area contributed by atoms with Gasteiger partial charge in [-0.05, 0) is 39.3 Å². The molecule has 3 heterocycles. The number of fused-ring (bicyclic) bond motifs is 1. The van der Waals surface area contributed by atoms with Crippen LogP contribution in [0.2, 0.25) is 0 Å². The molecule has 0 unspecified atom stereocenters. The van der Waals surface area contributed by atoms with Crippen molar-refractivity contribution in [2.75, 3.05) is 13.1 Å². The summed E-state index contributed by atoms with van der Waals surface area (Å²) in [5.74, 6) is 0.415. The molecular formula is C14H20N4O. The second-order valence-corrected chi connectivity index (χ2v) is 5.27. The topological polar surface area (TPSA) is 62.2 Å². The Bertz CT molecular complexity index is 649. The minimum Gasteiger partial charge on any atom is -0.317 e. The molecule has 0 aliphatic carbocycles. The van der Waals surface area contributed by atoms with E-state index in [-0.39, 0.29) is 5.56 Å². The molecule has 1 saturated heterocycles. The lowest BCUT2D eigenvalue weighted by molar-refractivity contribution is 0.453. The van der Waals surface area contributed by atoms with E-state index in [0.717, 1.165) is 55.0 Å². The molecule has 3 rings (SSSR count). The second kappa shape index (κ2) is 4.81. The van der Waals surface area contributed by atoms with Gasteiger partial charge in [0.15, 0.2) is 5.65 Å². The summed E-state index contributed by atoms with van der Waals surface area (Å²) < 4.78 is 1.57. The van der Waals surface area contributed by atoms with Gasteiger partial charge in [-0.2, -0.15) is 0 Å². The lowest BCUT2D eigenvalue weighted by Crippen LogP contribution is -2.28. The third kappa shape index (κ3) is 2.08. The maximum atomic E-state index is 12.2. The van der Waals surface area contributed by atoms with Gasteiger partial charge in [0.2, 0.25) is 0 Å². The van der Waals surface area contributed by atoms with E-state index in [0.29, 0.717) is 5.92 Å². The van der Waals surface area contributed by atoms with Crippen LogP contribution in [-0.4, -0.2) is 27.7 Å². The molecule has 1 aliphatic rings.